The predicted molar refractivity (Wildman–Crippen MR) is 81.6 cm³/mol. The fraction of sp³-hybridized carbons (Fsp3) is 0.0588. The summed E-state index contributed by atoms with van der Waals surface area (Å²) in [6.07, 6.45) is -4.70. The first-order chi connectivity index (χ1) is 11.3. The van der Waals surface area contributed by atoms with Crippen LogP contribution in [0.25, 0.3) is 5.76 Å². The molecule has 0 aromatic heterocycles. The number of ketones is 1. The molecule has 0 unspecified atom stereocenters. The van der Waals surface area contributed by atoms with Crippen LogP contribution >= 0.6 is 0 Å². The Hall–Kier alpha value is -2.96. The van der Waals surface area contributed by atoms with E-state index in [0.29, 0.717) is 6.21 Å². The summed E-state index contributed by atoms with van der Waals surface area (Å²) in [5.74, 6) is -3.94. The lowest BCUT2D eigenvalue weighted by atomic mass is 10.1. The summed E-state index contributed by atoms with van der Waals surface area (Å²) in [6, 6.07) is 12.3. The lowest BCUT2D eigenvalue weighted by molar-refractivity contribution is -0.165. The van der Waals surface area contributed by atoms with Crippen molar-refractivity contribution in [3.05, 3.63) is 71.6 Å². The van der Waals surface area contributed by atoms with Gasteiger partial charge in [0.05, 0.1) is 11.3 Å². The molecule has 2 rings (SSSR count). The second-order valence-corrected chi connectivity index (χ2v) is 4.66. The number of halogens is 4. The van der Waals surface area contributed by atoms with Crippen LogP contribution in [0.15, 0.2) is 65.2 Å². The largest absolute Gasteiger partial charge is 0.506 e. The maximum Gasteiger partial charge on any atom is 0.455 e. The molecule has 24 heavy (non-hydrogen) atoms. The van der Waals surface area contributed by atoms with Gasteiger partial charge in [-0.3, -0.25) is 9.79 Å². The summed E-state index contributed by atoms with van der Waals surface area (Å²) in [4.78, 5) is 15.1. The fourth-order valence-corrected chi connectivity index (χ4v) is 1.82. The van der Waals surface area contributed by atoms with Crippen molar-refractivity contribution in [2.24, 2.45) is 4.99 Å². The standard InChI is InChI=1S/C17H11F4NO2/c18-13-8-4-5-9-14(13)22-10-12(16(24)17(19,20)21)15(23)11-6-2-1-3-7-11/h1-10,23H. The molecule has 0 fully saturated rings. The zero-order chi connectivity index (χ0) is 17.7. The minimum absolute atomic E-state index is 0.00471. The molecule has 0 saturated carbocycles. The van der Waals surface area contributed by atoms with Gasteiger partial charge in [0.2, 0.25) is 0 Å². The van der Waals surface area contributed by atoms with Crippen molar-refractivity contribution in [2.75, 3.05) is 0 Å². The van der Waals surface area contributed by atoms with Crippen LogP contribution in [0.4, 0.5) is 23.2 Å². The number of carbonyl (C=O) groups excluding carboxylic acids is 1. The highest BCUT2D eigenvalue weighted by atomic mass is 19.4. The maximum absolute atomic E-state index is 13.5. The molecule has 0 atom stereocenters. The average Bonchev–Trinajstić information content (AvgIpc) is 2.56. The topological polar surface area (TPSA) is 49.7 Å². The third-order valence-corrected chi connectivity index (χ3v) is 2.99. The Bertz CT molecular complexity index is 796. The van der Waals surface area contributed by atoms with Crippen molar-refractivity contribution >= 4 is 23.4 Å². The van der Waals surface area contributed by atoms with E-state index in [2.05, 4.69) is 4.99 Å². The molecular weight excluding hydrogens is 326 g/mol. The number of carbonyl (C=O) groups is 1. The Morgan fingerprint density at radius 2 is 1.58 bits per heavy atom. The number of aliphatic imine (C=N–C) groups is 1. The average molecular weight is 337 g/mol. The smallest absolute Gasteiger partial charge is 0.455 e. The summed E-state index contributed by atoms with van der Waals surface area (Å²) in [6.45, 7) is 0. The van der Waals surface area contributed by atoms with E-state index in [4.69, 9.17) is 0 Å². The second-order valence-electron chi connectivity index (χ2n) is 4.66. The Morgan fingerprint density at radius 3 is 2.17 bits per heavy atom. The van der Waals surface area contributed by atoms with Gasteiger partial charge in [0.15, 0.2) is 0 Å². The van der Waals surface area contributed by atoms with E-state index < -0.39 is 29.1 Å². The number of hydrogen-bond acceptors (Lipinski definition) is 3. The number of alkyl halides is 3. The summed E-state index contributed by atoms with van der Waals surface area (Å²) in [5.41, 5.74) is -1.33. The molecule has 124 valence electrons. The molecular formula is C17H11F4NO2. The van der Waals surface area contributed by atoms with E-state index in [1.165, 1.54) is 42.5 Å². The lowest BCUT2D eigenvalue weighted by Gasteiger charge is -2.09. The number of Topliss-reactive ketones (excluding diaryl/α,β-unsaturated/α-hetero) is 1. The van der Waals surface area contributed by atoms with Gasteiger partial charge in [-0.1, -0.05) is 42.5 Å². The summed E-state index contributed by atoms with van der Waals surface area (Å²) < 4.78 is 51.7. The highest BCUT2D eigenvalue weighted by Crippen LogP contribution is 2.26. The number of aliphatic hydroxyl groups excluding tert-OH is 1. The molecule has 0 aliphatic rings. The first-order valence-electron chi connectivity index (χ1n) is 6.69. The quantitative estimate of drug-likeness (QED) is 0.383. The summed E-state index contributed by atoms with van der Waals surface area (Å²) >= 11 is 0. The third kappa shape index (κ3) is 4.07. The number of rotatable bonds is 4. The number of para-hydroxylation sites is 1. The van der Waals surface area contributed by atoms with Gasteiger partial charge in [0, 0.05) is 11.8 Å². The molecule has 0 aliphatic carbocycles. The van der Waals surface area contributed by atoms with E-state index in [-0.39, 0.29) is 11.3 Å². The van der Waals surface area contributed by atoms with Crippen LogP contribution in [-0.4, -0.2) is 23.3 Å². The number of allylic oxidation sites excluding steroid dienone is 1. The highest BCUT2D eigenvalue weighted by molar-refractivity contribution is 6.20. The van der Waals surface area contributed by atoms with E-state index in [1.807, 2.05) is 0 Å². The van der Waals surface area contributed by atoms with Crippen LogP contribution < -0.4 is 0 Å². The molecule has 0 aliphatic heterocycles. The van der Waals surface area contributed by atoms with Crippen molar-refractivity contribution in [3.63, 3.8) is 0 Å². The molecule has 0 amide bonds. The normalized spacial score (nSPS) is 13.0. The molecule has 2 aromatic carbocycles. The van der Waals surface area contributed by atoms with Crippen LogP contribution in [0.2, 0.25) is 0 Å². The van der Waals surface area contributed by atoms with Gasteiger partial charge in [0.25, 0.3) is 5.78 Å². The number of benzene rings is 2. The molecule has 2 aromatic rings. The van der Waals surface area contributed by atoms with Gasteiger partial charge in [-0.2, -0.15) is 13.2 Å². The Balaban J connectivity index is 2.52. The van der Waals surface area contributed by atoms with Crippen molar-refractivity contribution in [1.29, 1.82) is 0 Å². The number of aliphatic hydroxyl groups is 1. The molecule has 0 spiro atoms. The van der Waals surface area contributed by atoms with Gasteiger partial charge in [0.1, 0.15) is 11.6 Å². The van der Waals surface area contributed by atoms with Crippen LogP contribution in [-0.2, 0) is 4.79 Å². The predicted octanol–water partition coefficient (Wildman–Crippen LogP) is 4.63. The van der Waals surface area contributed by atoms with Crippen molar-refractivity contribution < 1.29 is 27.5 Å². The Morgan fingerprint density at radius 1 is 1.00 bits per heavy atom. The summed E-state index contributed by atoms with van der Waals surface area (Å²) in [7, 11) is 0. The van der Waals surface area contributed by atoms with E-state index in [0.717, 1.165) is 6.07 Å². The van der Waals surface area contributed by atoms with Crippen LogP contribution in [0.1, 0.15) is 5.56 Å². The molecule has 1 N–H and O–H groups in total. The van der Waals surface area contributed by atoms with Crippen LogP contribution in [0, 0.1) is 5.82 Å². The first kappa shape index (κ1) is 17.4. The van der Waals surface area contributed by atoms with Crippen LogP contribution in [0.5, 0.6) is 0 Å². The van der Waals surface area contributed by atoms with Crippen molar-refractivity contribution in [1.82, 2.24) is 0 Å². The van der Waals surface area contributed by atoms with Crippen LogP contribution in [0.3, 0.4) is 0 Å². The van der Waals surface area contributed by atoms with E-state index in [1.54, 1.807) is 6.07 Å². The number of nitrogens with zero attached hydrogens (tertiary/aromatic N) is 1. The molecule has 0 heterocycles. The van der Waals surface area contributed by atoms with Gasteiger partial charge >= 0.3 is 6.18 Å². The van der Waals surface area contributed by atoms with Gasteiger partial charge < -0.3 is 5.11 Å². The van der Waals surface area contributed by atoms with E-state index in [9.17, 15) is 27.5 Å². The zero-order valence-corrected chi connectivity index (χ0v) is 12.1. The zero-order valence-electron chi connectivity index (χ0n) is 12.1. The fourth-order valence-electron chi connectivity index (χ4n) is 1.82. The summed E-state index contributed by atoms with van der Waals surface area (Å²) in [5, 5.41) is 10.0. The van der Waals surface area contributed by atoms with Crippen molar-refractivity contribution in [2.45, 2.75) is 6.18 Å². The molecule has 0 saturated heterocycles. The first-order valence-corrected chi connectivity index (χ1v) is 6.69. The number of hydrogen-bond donors (Lipinski definition) is 1. The van der Waals surface area contributed by atoms with Gasteiger partial charge in [-0.15, -0.1) is 0 Å². The minimum Gasteiger partial charge on any atom is -0.506 e. The molecule has 0 bridgehead atoms. The molecule has 0 radical (unpaired) electrons. The Kier molecular flexibility index (Phi) is 5.13. The minimum atomic E-state index is -5.21. The monoisotopic (exact) mass is 337 g/mol. The van der Waals surface area contributed by atoms with Gasteiger partial charge in [-0.25, -0.2) is 4.39 Å². The molecule has 3 nitrogen and oxygen atoms in total. The Labute approximate surface area is 134 Å². The lowest BCUT2D eigenvalue weighted by Crippen LogP contribution is -2.26. The van der Waals surface area contributed by atoms with E-state index >= 15 is 0 Å². The van der Waals surface area contributed by atoms with Gasteiger partial charge in [-0.05, 0) is 12.1 Å². The molecule has 7 heteroatoms. The SMILES string of the molecule is O=C(C(C=Nc1ccccc1F)=C(O)c1ccccc1)C(F)(F)F. The maximum atomic E-state index is 13.5. The highest BCUT2D eigenvalue weighted by Gasteiger charge is 2.41. The van der Waals surface area contributed by atoms with Crippen molar-refractivity contribution in [3.8, 4) is 0 Å². The second kappa shape index (κ2) is 7.08. The third-order valence-electron chi connectivity index (χ3n) is 2.99.